The molecule has 1 fully saturated rings. The molecule has 25 heavy (non-hydrogen) atoms. The predicted octanol–water partition coefficient (Wildman–Crippen LogP) is 2.83. The van der Waals surface area contributed by atoms with Crippen molar-refractivity contribution in [3.05, 3.63) is 40.8 Å². The molecule has 0 saturated carbocycles. The van der Waals surface area contributed by atoms with Crippen molar-refractivity contribution in [2.75, 3.05) is 18.8 Å². The molecule has 1 aliphatic rings. The molecule has 2 rings (SSSR count). The fourth-order valence-electron chi connectivity index (χ4n) is 2.97. The number of piperidine rings is 1. The summed E-state index contributed by atoms with van der Waals surface area (Å²) in [6.45, 7) is 6.24. The molecule has 0 N–H and O–H groups in total. The standard InChI is InChI=1S/C18H27NO4S2/c1-15(2)14-24(20,21)18-8-11-19(12-9-18)25(22,23)13-10-17-6-4-16(3)5-7-17/h4-7,10,13,15,18H,8-9,11-12,14H2,1-3H3/b13-10+. The van der Waals surface area contributed by atoms with Crippen LogP contribution in [0, 0.1) is 12.8 Å². The van der Waals surface area contributed by atoms with E-state index in [4.69, 9.17) is 0 Å². The Morgan fingerprint density at radius 3 is 2.16 bits per heavy atom. The second-order valence-corrected chi connectivity index (χ2v) is 11.2. The largest absolute Gasteiger partial charge is 0.236 e. The van der Waals surface area contributed by atoms with Crippen LogP contribution in [-0.2, 0) is 19.9 Å². The van der Waals surface area contributed by atoms with Crippen LogP contribution < -0.4 is 0 Å². The minimum absolute atomic E-state index is 0.0872. The third-order valence-electron chi connectivity index (χ3n) is 4.34. The minimum Gasteiger partial charge on any atom is -0.229 e. The Balaban J connectivity index is 2.00. The van der Waals surface area contributed by atoms with E-state index in [1.165, 1.54) is 9.71 Å². The predicted molar refractivity (Wildman–Crippen MR) is 102 cm³/mol. The van der Waals surface area contributed by atoms with Crippen molar-refractivity contribution in [1.29, 1.82) is 0 Å². The highest BCUT2D eigenvalue weighted by molar-refractivity contribution is 7.92. The molecule has 0 spiro atoms. The summed E-state index contributed by atoms with van der Waals surface area (Å²) in [7, 11) is -6.68. The van der Waals surface area contributed by atoms with E-state index in [0.29, 0.717) is 12.8 Å². The van der Waals surface area contributed by atoms with Crippen molar-refractivity contribution < 1.29 is 16.8 Å². The Morgan fingerprint density at radius 2 is 1.64 bits per heavy atom. The molecule has 0 radical (unpaired) electrons. The van der Waals surface area contributed by atoms with Crippen LogP contribution in [0.15, 0.2) is 29.7 Å². The van der Waals surface area contributed by atoms with E-state index in [2.05, 4.69) is 0 Å². The number of sulfone groups is 1. The van der Waals surface area contributed by atoms with Crippen LogP contribution in [0.3, 0.4) is 0 Å². The van der Waals surface area contributed by atoms with Gasteiger partial charge < -0.3 is 0 Å². The van der Waals surface area contributed by atoms with Crippen LogP contribution in [0.4, 0.5) is 0 Å². The Kier molecular flexibility index (Phi) is 6.45. The monoisotopic (exact) mass is 385 g/mol. The molecule has 0 aliphatic carbocycles. The fraction of sp³-hybridized carbons (Fsp3) is 0.556. The maximum absolute atomic E-state index is 12.4. The molecule has 0 aromatic heterocycles. The average molecular weight is 386 g/mol. The zero-order chi connectivity index (χ0) is 18.7. The molecule has 7 heteroatoms. The lowest BCUT2D eigenvalue weighted by molar-refractivity contribution is 0.349. The van der Waals surface area contributed by atoms with Crippen molar-refractivity contribution >= 4 is 25.9 Å². The molecular formula is C18H27NO4S2. The minimum atomic E-state index is -3.53. The fourth-order valence-corrected chi connectivity index (χ4v) is 6.33. The number of hydrogen-bond acceptors (Lipinski definition) is 4. The lowest BCUT2D eigenvalue weighted by atomic mass is 10.2. The van der Waals surface area contributed by atoms with E-state index in [9.17, 15) is 16.8 Å². The summed E-state index contributed by atoms with van der Waals surface area (Å²) in [5.74, 6) is 0.252. The van der Waals surface area contributed by atoms with Crippen molar-refractivity contribution in [3.63, 3.8) is 0 Å². The number of aryl methyl sites for hydroxylation is 1. The van der Waals surface area contributed by atoms with E-state index in [1.807, 2.05) is 45.0 Å². The van der Waals surface area contributed by atoms with E-state index in [-0.39, 0.29) is 24.8 Å². The third kappa shape index (κ3) is 5.66. The normalized spacial score (nSPS) is 18.2. The lowest BCUT2D eigenvalue weighted by Crippen LogP contribution is -2.42. The molecule has 1 aromatic carbocycles. The topological polar surface area (TPSA) is 71.5 Å². The summed E-state index contributed by atoms with van der Waals surface area (Å²) in [5, 5.41) is 0.781. The molecule has 1 aliphatic heterocycles. The van der Waals surface area contributed by atoms with Crippen LogP contribution in [0.25, 0.3) is 6.08 Å². The van der Waals surface area contributed by atoms with E-state index >= 15 is 0 Å². The van der Waals surface area contributed by atoms with E-state index in [1.54, 1.807) is 6.08 Å². The van der Waals surface area contributed by atoms with Gasteiger partial charge in [0.15, 0.2) is 9.84 Å². The van der Waals surface area contributed by atoms with Gasteiger partial charge in [0.05, 0.1) is 11.0 Å². The van der Waals surface area contributed by atoms with Gasteiger partial charge in [-0.2, -0.15) is 4.31 Å². The first-order chi connectivity index (χ1) is 11.6. The Labute approximate surface area is 151 Å². The van der Waals surface area contributed by atoms with Crippen LogP contribution in [0.2, 0.25) is 0 Å². The van der Waals surface area contributed by atoms with Gasteiger partial charge in [0.1, 0.15) is 0 Å². The molecule has 140 valence electrons. The zero-order valence-electron chi connectivity index (χ0n) is 15.1. The summed E-state index contributed by atoms with van der Waals surface area (Å²) >= 11 is 0. The van der Waals surface area contributed by atoms with Crippen LogP contribution >= 0.6 is 0 Å². The van der Waals surface area contributed by atoms with Crippen molar-refractivity contribution in [2.45, 2.75) is 38.9 Å². The number of hydrogen-bond donors (Lipinski definition) is 0. The lowest BCUT2D eigenvalue weighted by Gasteiger charge is -2.30. The highest BCUT2D eigenvalue weighted by atomic mass is 32.2. The van der Waals surface area contributed by atoms with Crippen LogP contribution in [-0.4, -0.2) is 45.2 Å². The van der Waals surface area contributed by atoms with Crippen LogP contribution in [0.5, 0.6) is 0 Å². The maximum Gasteiger partial charge on any atom is 0.236 e. The van der Waals surface area contributed by atoms with E-state index < -0.39 is 25.1 Å². The van der Waals surface area contributed by atoms with Gasteiger partial charge in [-0.05, 0) is 37.3 Å². The summed E-state index contributed by atoms with van der Waals surface area (Å²) in [4.78, 5) is 0. The van der Waals surface area contributed by atoms with Gasteiger partial charge in [0.25, 0.3) is 0 Å². The van der Waals surface area contributed by atoms with Gasteiger partial charge in [-0.3, -0.25) is 0 Å². The Morgan fingerprint density at radius 1 is 1.08 bits per heavy atom. The molecule has 1 saturated heterocycles. The molecule has 0 bridgehead atoms. The second-order valence-electron chi connectivity index (χ2n) is 7.08. The van der Waals surface area contributed by atoms with Crippen LogP contribution in [0.1, 0.15) is 37.8 Å². The highest BCUT2D eigenvalue weighted by Gasteiger charge is 2.33. The first-order valence-electron chi connectivity index (χ1n) is 8.56. The van der Waals surface area contributed by atoms with Crippen molar-refractivity contribution in [1.82, 2.24) is 4.31 Å². The highest BCUT2D eigenvalue weighted by Crippen LogP contribution is 2.23. The third-order valence-corrected chi connectivity index (χ3v) is 8.53. The summed E-state index contributed by atoms with van der Waals surface area (Å²) in [6.07, 6.45) is 2.32. The molecular weight excluding hydrogens is 358 g/mol. The van der Waals surface area contributed by atoms with E-state index in [0.717, 1.165) is 11.1 Å². The summed E-state index contributed by atoms with van der Waals surface area (Å²) in [6, 6.07) is 7.59. The summed E-state index contributed by atoms with van der Waals surface area (Å²) in [5.41, 5.74) is 1.94. The van der Waals surface area contributed by atoms with Crippen molar-refractivity contribution in [3.8, 4) is 0 Å². The average Bonchev–Trinajstić information content (AvgIpc) is 2.53. The number of rotatable bonds is 6. The zero-order valence-corrected chi connectivity index (χ0v) is 16.7. The molecule has 5 nitrogen and oxygen atoms in total. The first kappa shape index (κ1) is 20.1. The number of benzene rings is 1. The second kappa shape index (κ2) is 8.01. The molecule has 1 aromatic rings. The van der Waals surface area contributed by atoms with Gasteiger partial charge in [-0.15, -0.1) is 0 Å². The maximum atomic E-state index is 12.4. The number of nitrogens with zero attached hydrogens (tertiary/aromatic N) is 1. The van der Waals surface area contributed by atoms with Gasteiger partial charge in [-0.25, -0.2) is 16.8 Å². The smallest absolute Gasteiger partial charge is 0.229 e. The van der Waals surface area contributed by atoms with Gasteiger partial charge in [0, 0.05) is 18.5 Å². The van der Waals surface area contributed by atoms with Gasteiger partial charge in [0.2, 0.25) is 10.0 Å². The van der Waals surface area contributed by atoms with Gasteiger partial charge >= 0.3 is 0 Å². The van der Waals surface area contributed by atoms with Gasteiger partial charge in [-0.1, -0.05) is 43.7 Å². The molecule has 1 heterocycles. The van der Waals surface area contributed by atoms with Crippen molar-refractivity contribution in [2.24, 2.45) is 5.92 Å². The summed E-state index contributed by atoms with van der Waals surface area (Å²) < 4.78 is 50.9. The molecule has 0 atom stereocenters. The number of sulfonamides is 1. The Hall–Kier alpha value is -1.18. The quantitative estimate of drug-likeness (QED) is 0.755. The molecule has 0 amide bonds. The Bertz CT molecular complexity index is 801. The SMILES string of the molecule is Cc1ccc(/C=C/S(=O)(=O)N2CCC(S(=O)(=O)CC(C)C)CC2)cc1. The molecule has 0 unspecified atom stereocenters. The first-order valence-corrected chi connectivity index (χ1v) is 11.8.